The highest BCUT2D eigenvalue weighted by molar-refractivity contribution is 5.94. The van der Waals surface area contributed by atoms with Gasteiger partial charge in [-0.3, -0.25) is 4.79 Å². The third kappa shape index (κ3) is 3.35. The predicted octanol–water partition coefficient (Wildman–Crippen LogP) is 2.62. The Kier molecular flexibility index (Phi) is 3.22. The zero-order chi connectivity index (χ0) is 16.8. The van der Waals surface area contributed by atoms with Crippen molar-refractivity contribution in [1.29, 1.82) is 0 Å². The van der Waals surface area contributed by atoms with E-state index in [0.29, 0.717) is 7.02 Å². The van der Waals surface area contributed by atoms with E-state index in [-0.39, 0.29) is 11.3 Å². The summed E-state index contributed by atoms with van der Waals surface area (Å²) in [6.45, 7) is 9.56. The van der Waals surface area contributed by atoms with Crippen molar-refractivity contribution in [2.45, 2.75) is 26.2 Å². The first kappa shape index (κ1) is 11.5. The van der Waals surface area contributed by atoms with Gasteiger partial charge in [-0.15, -0.1) is 0 Å². The second-order valence-corrected chi connectivity index (χ2v) is 6.24. The Morgan fingerprint density at radius 1 is 1.21 bits per heavy atom. The number of hydrogen-bond donors (Lipinski definition) is 0. The molecule has 3 heteroatoms. The van der Waals surface area contributed by atoms with Gasteiger partial charge in [0, 0.05) is 36.1 Å². The molecule has 0 saturated carbocycles. The number of nitrogens with zero attached hydrogens (tertiary/aromatic N) is 2. The Hall–Kier alpha value is -1.35. The van der Waals surface area contributed by atoms with E-state index in [1.165, 1.54) is 5.56 Å². The largest absolute Gasteiger partial charge is 0.336 e. The van der Waals surface area contributed by atoms with Gasteiger partial charge in [0.25, 0.3) is 5.91 Å². The van der Waals surface area contributed by atoms with E-state index < -0.39 is 0 Å². The van der Waals surface area contributed by atoms with E-state index in [0.717, 1.165) is 31.7 Å². The van der Waals surface area contributed by atoms with Gasteiger partial charge < -0.3 is 9.80 Å². The lowest BCUT2D eigenvalue weighted by Crippen LogP contribution is -2.47. The van der Waals surface area contributed by atoms with E-state index in [1.807, 2.05) is 34.1 Å². The monoisotopic (exact) mass is 268 g/mol. The molecule has 1 aromatic rings. The molecule has 0 radical (unpaired) electrons. The first-order valence-corrected chi connectivity index (χ1v) is 6.83. The van der Waals surface area contributed by atoms with Gasteiger partial charge >= 0.3 is 0 Å². The summed E-state index contributed by atoms with van der Waals surface area (Å²) in [5.74, 6) is 0.107. The van der Waals surface area contributed by atoms with Crippen molar-refractivity contribution >= 4 is 5.91 Å². The first-order valence-electron chi connectivity index (χ1n) is 8.54. The van der Waals surface area contributed by atoms with Crippen LogP contribution in [-0.4, -0.2) is 48.9 Å². The van der Waals surface area contributed by atoms with Gasteiger partial charge in [-0.25, -0.2) is 0 Å². The van der Waals surface area contributed by atoms with Crippen LogP contribution in [0.3, 0.4) is 0 Å². The number of piperazine rings is 1. The lowest BCUT2D eigenvalue weighted by molar-refractivity contribution is 0.0664. The summed E-state index contributed by atoms with van der Waals surface area (Å²) in [5, 5.41) is 0. The van der Waals surface area contributed by atoms with Gasteiger partial charge in [0.15, 0.2) is 0 Å². The molecular formula is C16H26N2O. The van der Waals surface area contributed by atoms with Crippen LogP contribution in [0.4, 0.5) is 0 Å². The van der Waals surface area contributed by atoms with Crippen LogP contribution in [0.25, 0.3) is 0 Å². The molecule has 1 aliphatic rings. The maximum atomic E-state index is 12.4. The molecule has 0 unspecified atom stereocenters. The van der Waals surface area contributed by atoms with E-state index >= 15 is 0 Å². The molecule has 1 saturated heterocycles. The first-order chi connectivity index (χ1) is 10.4. The molecule has 106 valence electrons. The Balaban J connectivity index is 0.00000116. The number of carbonyl (C=O) groups is 1. The number of amides is 1. The molecule has 1 amide bonds. The number of benzene rings is 1. The molecule has 0 spiro atoms. The molecule has 1 heterocycles. The normalized spacial score (nSPS) is 18.7. The van der Waals surface area contributed by atoms with E-state index in [2.05, 4.69) is 20.8 Å². The minimum Gasteiger partial charge on any atom is -0.336 e. The van der Waals surface area contributed by atoms with Crippen LogP contribution in [0, 0.1) is 0 Å². The fourth-order valence-electron chi connectivity index (χ4n) is 2.25. The highest BCUT2D eigenvalue weighted by atomic mass is 16.2. The van der Waals surface area contributed by atoms with Crippen molar-refractivity contribution in [3.05, 3.63) is 35.4 Å². The topological polar surface area (TPSA) is 23.6 Å². The Bertz CT molecular complexity index is 463. The van der Waals surface area contributed by atoms with Crippen LogP contribution in [-0.2, 0) is 5.41 Å². The molecule has 1 aliphatic heterocycles. The fourth-order valence-corrected chi connectivity index (χ4v) is 2.25. The third-order valence-electron chi connectivity index (χ3n) is 3.66. The van der Waals surface area contributed by atoms with Crippen molar-refractivity contribution in [3.63, 3.8) is 0 Å². The Morgan fingerprint density at radius 2 is 1.79 bits per heavy atom. The summed E-state index contributed by atoms with van der Waals surface area (Å²) in [6.07, 6.45) is 0. The molecule has 1 aromatic carbocycles. The molecule has 19 heavy (non-hydrogen) atoms. The van der Waals surface area contributed by atoms with Gasteiger partial charge in [0.05, 0.1) is 0 Å². The average molecular weight is 268 g/mol. The predicted molar refractivity (Wildman–Crippen MR) is 80.7 cm³/mol. The molecular weight excluding hydrogens is 236 g/mol. The number of carbonyl (C=O) groups excluding carboxylic acids is 1. The second-order valence-electron chi connectivity index (χ2n) is 6.24. The summed E-state index contributed by atoms with van der Waals surface area (Å²) < 4.78 is 17.3. The molecule has 0 bridgehead atoms. The Morgan fingerprint density at radius 3 is 2.26 bits per heavy atom. The van der Waals surface area contributed by atoms with Gasteiger partial charge in [0.1, 0.15) is 0 Å². The lowest BCUT2D eigenvalue weighted by atomic mass is 9.86. The maximum Gasteiger partial charge on any atom is 0.253 e. The van der Waals surface area contributed by atoms with E-state index in [9.17, 15) is 4.79 Å². The smallest absolute Gasteiger partial charge is 0.253 e. The third-order valence-corrected chi connectivity index (χ3v) is 3.66. The van der Waals surface area contributed by atoms with Crippen LogP contribution < -0.4 is 0 Å². The average Bonchev–Trinajstić information content (AvgIpc) is 2.55. The minimum absolute atomic E-state index is 0.107. The van der Waals surface area contributed by atoms with Gasteiger partial charge in [0.2, 0.25) is 0 Å². The van der Waals surface area contributed by atoms with E-state index in [4.69, 9.17) is 4.34 Å². The van der Waals surface area contributed by atoms with Crippen LogP contribution in [0.1, 0.15) is 41.0 Å². The molecule has 0 aromatic heterocycles. The van der Waals surface area contributed by atoms with Crippen molar-refractivity contribution < 1.29 is 9.13 Å². The number of rotatable bonds is 1. The van der Waals surface area contributed by atoms with Crippen LogP contribution >= 0.6 is 0 Å². The highest BCUT2D eigenvalue weighted by Crippen LogP contribution is 2.22. The quantitative estimate of drug-likeness (QED) is 0.781. The summed E-state index contributed by atoms with van der Waals surface area (Å²) in [4.78, 5) is 16.4. The van der Waals surface area contributed by atoms with Gasteiger partial charge in [-0.2, -0.15) is 0 Å². The molecule has 0 aliphatic carbocycles. The maximum absolute atomic E-state index is 12.4. The minimum atomic E-state index is 0.107. The summed E-state index contributed by atoms with van der Waals surface area (Å²) in [7, 11) is 0.322. The molecule has 2 rings (SSSR count). The molecule has 0 N–H and O–H groups in total. The van der Waals surface area contributed by atoms with E-state index in [1.54, 1.807) is 0 Å². The summed E-state index contributed by atoms with van der Waals surface area (Å²) in [5.41, 5.74) is 2.12. The fraction of sp³-hybridized carbons (Fsp3) is 0.562. The second kappa shape index (κ2) is 5.33. The lowest BCUT2D eigenvalue weighted by Gasteiger charge is -2.32. The molecule has 3 nitrogen and oxygen atoms in total. The number of likely N-dealkylation sites (N-methyl/N-ethyl adjacent to an activating group) is 1. The van der Waals surface area contributed by atoms with Gasteiger partial charge in [-0.05, 0) is 30.1 Å². The zero-order valence-electron chi connectivity index (χ0n) is 15.1. The van der Waals surface area contributed by atoms with Crippen molar-refractivity contribution in [2.75, 3.05) is 33.2 Å². The summed E-state index contributed by atoms with van der Waals surface area (Å²) in [6, 6.07) is 7.96. The SMILES string of the molecule is [3H]CN1CCN(C(=O)c2ccc(C(C)(C)C)cc2)CC1.[3H][3H]. The van der Waals surface area contributed by atoms with Crippen molar-refractivity contribution in [1.82, 2.24) is 9.80 Å². The Labute approximate surface area is 120 Å². The standard InChI is InChI=1S/C16H24N2O.H2/c1-16(2,3)14-7-5-13(6-8-14)15(19)18-11-9-17(4)10-12-18;/h5-8H,9-12H2,1-4H3;1H/i4T;1+2T. The van der Waals surface area contributed by atoms with Crippen LogP contribution in [0.2, 0.25) is 0 Å². The van der Waals surface area contributed by atoms with Crippen LogP contribution in [0.15, 0.2) is 24.3 Å². The highest BCUT2D eigenvalue weighted by Gasteiger charge is 2.21. The van der Waals surface area contributed by atoms with Gasteiger partial charge in [-0.1, -0.05) is 32.9 Å². The van der Waals surface area contributed by atoms with Crippen LogP contribution in [0.5, 0.6) is 0 Å². The molecule has 1 fully saturated rings. The van der Waals surface area contributed by atoms with Crippen molar-refractivity contribution in [2.24, 2.45) is 0 Å². The number of hydrogen-bond acceptors (Lipinski definition) is 2. The zero-order valence-corrected chi connectivity index (χ0v) is 12.1. The molecule has 0 atom stereocenters. The summed E-state index contributed by atoms with van der Waals surface area (Å²) >= 11 is 0. The van der Waals surface area contributed by atoms with Crippen molar-refractivity contribution in [3.8, 4) is 0 Å².